The molecule has 74 heavy (non-hydrogen) atoms. The van der Waals surface area contributed by atoms with Crippen molar-refractivity contribution in [3.8, 4) is 16.8 Å². The third-order valence-corrected chi connectivity index (χ3v) is 21.6. The number of nitrogens with zero attached hydrogens (tertiary/aromatic N) is 2. The van der Waals surface area contributed by atoms with Gasteiger partial charge in [0.2, 0.25) is 0 Å². The van der Waals surface area contributed by atoms with Crippen LogP contribution in [0.2, 0.25) is 0 Å². The maximum Gasteiger partial charge on any atom is 0.343 e. The Balaban J connectivity index is 1.17. The van der Waals surface area contributed by atoms with Crippen molar-refractivity contribution in [2.75, 3.05) is 4.81 Å². The topological polar surface area (TPSA) is 21.3 Å². The molecule has 0 N–H and O–H groups in total. The highest BCUT2D eigenvalue weighted by molar-refractivity contribution is 7.32. The Hall–Kier alpha value is -5.82. The lowest BCUT2D eigenvalue weighted by Gasteiger charge is -2.42. The largest absolute Gasteiger partial charge is 0.456 e. The van der Waals surface area contributed by atoms with Gasteiger partial charge in [-0.05, 0) is 169 Å². The molecule has 0 spiro atoms. The van der Waals surface area contributed by atoms with E-state index in [0.717, 1.165) is 11.2 Å². The fourth-order valence-electron chi connectivity index (χ4n) is 14.5. The molecule has 0 radical (unpaired) electrons. The zero-order valence-corrected chi connectivity index (χ0v) is 47.5. The predicted octanol–water partition coefficient (Wildman–Crippen LogP) is 18.8. The standard InChI is InChI=1S/C68H67BN2OS2/c1-63(2,3)36-19-22-38(23-20-36)71-50-32-41-40-30-45-48(68(13,14)28-26-65(45,7)8)35-52(40)72-51(41)33-43(50)55-56-39-17-15-16-18-53(39)73-61(56)57-42-31-46-47(67(11,12)27-25-66(46,9)10)34-49(42)70-59-44-29-37(64(4,5)6)21-24-54(44)74-62(59)69(71)58(55)60(57)70/h15-24,29-35H,25-28H2,1-14H3. The van der Waals surface area contributed by atoms with Gasteiger partial charge in [-0.25, -0.2) is 0 Å². The highest BCUT2D eigenvalue weighted by atomic mass is 32.1. The van der Waals surface area contributed by atoms with Crippen molar-refractivity contribution in [1.29, 1.82) is 0 Å². The number of benzene rings is 7. The summed E-state index contributed by atoms with van der Waals surface area (Å²) in [4.78, 5) is 2.77. The van der Waals surface area contributed by atoms with E-state index in [0.29, 0.717) is 0 Å². The van der Waals surface area contributed by atoms with E-state index in [1.165, 1.54) is 160 Å². The minimum atomic E-state index is -0.100. The summed E-state index contributed by atoms with van der Waals surface area (Å²) in [5.41, 5.74) is 21.4. The van der Waals surface area contributed by atoms with Gasteiger partial charge in [0.05, 0.1) is 16.7 Å². The van der Waals surface area contributed by atoms with Gasteiger partial charge >= 0.3 is 6.85 Å². The first-order chi connectivity index (χ1) is 34.9. The molecular weight excluding hydrogens is 936 g/mol. The van der Waals surface area contributed by atoms with E-state index in [2.05, 4.69) is 209 Å². The van der Waals surface area contributed by atoms with Gasteiger partial charge in [0, 0.05) is 73.5 Å². The molecule has 4 aliphatic rings. The third-order valence-electron chi connectivity index (χ3n) is 19.2. The van der Waals surface area contributed by atoms with E-state index >= 15 is 0 Å². The average molecular weight is 1000 g/mol. The Morgan fingerprint density at radius 2 is 1.09 bits per heavy atom. The number of thiophene rings is 2. The maximum atomic E-state index is 7.25. The molecule has 0 bridgehead atoms. The lowest BCUT2D eigenvalue weighted by atomic mass is 9.47. The van der Waals surface area contributed by atoms with Crippen molar-refractivity contribution in [3.63, 3.8) is 0 Å². The molecule has 370 valence electrons. The number of anilines is 2. The Labute approximate surface area is 444 Å². The van der Waals surface area contributed by atoms with Gasteiger partial charge in [0.15, 0.2) is 0 Å². The molecule has 4 aromatic heterocycles. The van der Waals surface area contributed by atoms with Crippen molar-refractivity contribution >= 4 is 125 Å². The SMILES string of the molecule is CC(C)(C)c1ccc(N2B3c4sc5ccc(C(C)(C)C)cc5c4-n4c5cc6c(cc5c5c7sc8ccccc8c7c(c3c54)-c3cc4oc5cc7c(cc5c4cc32)C(C)(C)CCC7(C)C)C(C)(C)CCC6(C)C)cc1. The van der Waals surface area contributed by atoms with E-state index in [1.807, 2.05) is 22.7 Å². The van der Waals surface area contributed by atoms with E-state index in [4.69, 9.17) is 4.42 Å². The first-order valence-electron chi connectivity index (χ1n) is 27.4. The van der Waals surface area contributed by atoms with E-state index in [-0.39, 0.29) is 39.3 Å². The van der Waals surface area contributed by atoms with Crippen LogP contribution in [0, 0.1) is 0 Å². The van der Waals surface area contributed by atoms with Crippen LogP contribution in [0.3, 0.4) is 0 Å². The normalized spacial score (nSPS) is 18.3. The molecule has 6 heteroatoms. The van der Waals surface area contributed by atoms with Crippen LogP contribution >= 0.6 is 22.7 Å². The summed E-state index contributed by atoms with van der Waals surface area (Å²) in [6.07, 6.45) is 4.69. The van der Waals surface area contributed by atoms with Crippen LogP contribution in [0.4, 0.5) is 11.4 Å². The molecule has 11 aromatic rings. The summed E-state index contributed by atoms with van der Waals surface area (Å²) in [5.74, 6) is 0. The second-order valence-corrected chi connectivity index (χ2v) is 29.9. The minimum Gasteiger partial charge on any atom is -0.456 e. The molecule has 0 amide bonds. The first-order valence-corrected chi connectivity index (χ1v) is 29.1. The highest BCUT2D eigenvalue weighted by Gasteiger charge is 2.49. The average Bonchev–Trinajstić information content (AvgIpc) is 4.11. The molecule has 6 heterocycles. The van der Waals surface area contributed by atoms with Gasteiger partial charge in [-0.15, -0.1) is 22.7 Å². The van der Waals surface area contributed by atoms with Gasteiger partial charge in [-0.2, -0.15) is 0 Å². The molecule has 0 unspecified atom stereocenters. The predicted molar refractivity (Wildman–Crippen MR) is 323 cm³/mol. The Morgan fingerprint density at radius 3 is 1.76 bits per heavy atom. The van der Waals surface area contributed by atoms with Crippen molar-refractivity contribution in [2.24, 2.45) is 0 Å². The number of aromatic nitrogens is 1. The minimum absolute atomic E-state index is 0.0116. The second-order valence-electron chi connectivity index (χ2n) is 27.8. The number of rotatable bonds is 1. The Bertz CT molecular complexity index is 4340. The van der Waals surface area contributed by atoms with Crippen LogP contribution in [0.1, 0.15) is 156 Å². The van der Waals surface area contributed by atoms with Crippen LogP contribution in [0.15, 0.2) is 108 Å². The molecule has 0 fully saturated rings. The summed E-state index contributed by atoms with van der Waals surface area (Å²) in [6.45, 7) is 33.7. The van der Waals surface area contributed by atoms with Gasteiger partial charge in [0.1, 0.15) is 11.2 Å². The molecule has 7 aromatic carbocycles. The lowest BCUT2D eigenvalue weighted by Crippen LogP contribution is -2.59. The van der Waals surface area contributed by atoms with Gasteiger partial charge in [-0.3, -0.25) is 0 Å². The zero-order valence-electron chi connectivity index (χ0n) is 45.8. The summed E-state index contributed by atoms with van der Waals surface area (Å²) in [5, 5.41) is 9.29. The monoisotopic (exact) mass is 1000 g/mol. The summed E-state index contributed by atoms with van der Waals surface area (Å²) in [7, 11) is 0. The van der Waals surface area contributed by atoms with Crippen molar-refractivity contribution < 1.29 is 4.42 Å². The smallest absolute Gasteiger partial charge is 0.343 e. The van der Waals surface area contributed by atoms with Gasteiger partial charge in [-0.1, -0.05) is 133 Å². The molecule has 2 aliphatic carbocycles. The zero-order chi connectivity index (χ0) is 51.3. The Morgan fingerprint density at radius 1 is 0.527 bits per heavy atom. The quantitative estimate of drug-likeness (QED) is 0.153. The van der Waals surface area contributed by atoms with Crippen molar-refractivity contribution in [1.82, 2.24) is 4.57 Å². The molecule has 0 saturated heterocycles. The van der Waals surface area contributed by atoms with E-state index in [9.17, 15) is 0 Å². The number of fused-ring (bicyclic) bond motifs is 20. The molecule has 3 nitrogen and oxygen atoms in total. The van der Waals surface area contributed by atoms with Crippen molar-refractivity contribution in [2.45, 2.75) is 155 Å². The Kier molecular flexibility index (Phi) is 8.72. The van der Waals surface area contributed by atoms with Crippen LogP contribution in [-0.4, -0.2) is 11.4 Å². The lowest BCUT2D eigenvalue weighted by molar-refractivity contribution is 0.332. The van der Waals surface area contributed by atoms with Crippen LogP contribution in [-0.2, 0) is 32.5 Å². The summed E-state index contributed by atoms with van der Waals surface area (Å²) in [6, 6.07) is 41.6. The molecule has 0 saturated carbocycles. The van der Waals surface area contributed by atoms with Crippen molar-refractivity contribution in [3.05, 3.63) is 137 Å². The maximum absolute atomic E-state index is 7.25. The molecule has 0 atom stereocenters. The fourth-order valence-corrected chi connectivity index (χ4v) is 17.1. The summed E-state index contributed by atoms with van der Waals surface area (Å²) < 4.78 is 15.5. The molecule has 2 aliphatic heterocycles. The van der Waals surface area contributed by atoms with Crippen LogP contribution < -0.4 is 15.1 Å². The van der Waals surface area contributed by atoms with Gasteiger partial charge in [0.25, 0.3) is 0 Å². The number of furan rings is 1. The molecule has 15 rings (SSSR count). The number of hydrogen-bond donors (Lipinski definition) is 0. The van der Waals surface area contributed by atoms with E-state index < -0.39 is 0 Å². The summed E-state index contributed by atoms with van der Waals surface area (Å²) >= 11 is 4.01. The first kappa shape index (κ1) is 45.6. The van der Waals surface area contributed by atoms with E-state index in [1.54, 1.807) is 0 Å². The second kappa shape index (κ2) is 14.2. The fraction of sp³-hybridized carbons (Fsp3) is 0.353. The van der Waals surface area contributed by atoms with Gasteiger partial charge < -0.3 is 13.8 Å². The number of hydrogen-bond acceptors (Lipinski definition) is 4. The third kappa shape index (κ3) is 5.91. The highest BCUT2D eigenvalue weighted by Crippen LogP contribution is 2.57. The van der Waals surface area contributed by atoms with Crippen LogP contribution in [0.25, 0.3) is 90.8 Å². The molecular formula is C68H67BN2OS2. The van der Waals surface area contributed by atoms with Crippen LogP contribution in [0.5, 0.6) is 0 Å².